The molecule has 3 rings (SSSR count). The zero-order valence-electron chi connectivity index (χ0n) is 12.0. The lowest BCUT2D eigenvalue weighted by Crippen LogP contribution is -2.24. The third-order valence-corrected chi connectivity index (χ3v) is 3.76. The van der Waals surface area contributed by atoms with Crippen LogP contribution in [0.1, 0.15) is 12.7 Å². The predicted octanol–water partition coefficient (Wildman–Crippen LogP) is 1.57. The average Bonchev–Trinajstić information content (AvgIpc) is 3.18. The number of ether oxygens (including phenoxy) is 1. The van der Waals surface area contributed by atoms with E-state index in [0.29, 0.717) is 30.6 Å². The van der Waals surface area contributed by atoms with Crippen LogP contribution in [0, 0.1) is 11.8 Å². The Balaban J connectivity index is 1.64. The van der Waals surface area contributed by atoms with Gasteiger partial charge in [0.05, 0.1) is 25.8 Å². The summed E-state index contributed by atoms with van der Waals surface area (Å²) in [5.74, 6) is 1.51. The first kappa shape index (κ1) is 13.8. The molecule has 0 N–H and O–H groups in total. The van der Waals surface area contributed by atoms with Crippen LogP contribution in [0.25, 0.3) is 11.7 Å². The van der Waals surface area contributed by atoms with Crippen LogP contribution in [0.4, 0.5) is 0 Å². The van der Waals surface area contributed by atoms with E-state index < -0.39 is 0 Å². The summed E-state index contributed by atoms with van der Waals surface area (Å²) in [5, 5.41) is 3.95. The maximum atomic E-state index is 11.7. The molecule has 0 spiro atoms. The molecule has 0 saturated carbocycles. The van der Waals surface area contributed by atoms with Gasteiger partial charge in [-0.25, -0.2) is 0 Å². The second-order valence-electron chi connectivity index (χ2n) is 5.29. The summed E-state index contributed by atoms with van der Waals surface area (Å²) in [4.78, 5) is 18.1. The summed E-state index contributed by atoms with van der Waals surface area (Å²) in [6.07, 6.45) is 1.56. The highest BCUT2D eigenvalue weighted by Gasteiger charge is 2.35. The van der Waals surface area contributed by atoms with Crippen molar-refractivity contribution in [3.8, 4) is 11.7 Å². The Morgan fingerprint density at radius 3 is 3.10 bits per heavy atom. The van der Waals surface area contributed by atoms with Crippen LogP contribution >= 0.6 is 0 Å². The first-order valence-corrected chi connectivity index (χ1v) is 6.84. The first-order valence-electron chi connectivity index (χ1n) is 6.84. The van der Waals surface area contributed by atoms with Crippen LogP contribution in [-0.2, 0) is 16.1 Å². The molecule has 0 aromatic carbocycles. The van der Waals surface area contributed by atoms with Gasteiger partial charge in [0.2, 0.25) is 0 Å². The molecule has 7 nitrogen and oxygen atoms in total. The lowest BCUT2D eigenvalue weighted by atomic mass is 9.99. The smallest absolute Gasteiger partial charge is 0.310 e. The molecule has 7 heteroatoms. The Morgan fingerprint density at radius 1 is 1.52 bits per heavy atom. The van der Waals surface area contributed by atoms with Gasteiger partial charge >= 0.3 is 5.97 Å². The zero-order valence-corrected chi connectivity index (χ0v) is 12.0. The quantitative estimate of drug-likeness (QED) is 0.791. The topological polar surface area (TPSA) is 81.6 Å². The molecule has 21 heavy (non-hydrogen) atoms. The lowest BCUT2D eigenvalue weighted by Gasteiger charge is -2.12. The average molecular weight is 291 g/mol. The van der Waals surface area contributed by atoms with Crippen molar-refractivity contribution in [2.45, 2.75) is 13.5 Å². The van der Waals surface area contributed by atoms with E-state index in [4.69, 9.17) is 13.7 Å². The van der Waals surface area contributed by atoms with E-state index in [-0.39, 0.29) is 17.8 Å². The molecule has 0 amide bonds. The number of likely N-dealkylation sites (tertiary alicyclic amines) is 1. The van der Waals surface area contributed by atoms with Gasteiger partial charge in [-0.05, 0) is 18.1 Å². The Morgan fingerprint density at radius 2 is 2.38 bits per heavy atom. The SMILES string of the molecule is COC(=O)C1CN(Cc2noc(-c3ccco3)n2)CC1C. The Bertz CT molecular complexity index is 608. The number of rotatable bonds is 4. The number of esters is 1. The van der Waals surface area contributed by atoms with Crippen LogP contribution < -0.4 is 0 Å². The van der Waals surface area contributed by atoms with Crippen molar-refractivity contribution in [1.82, 2.24) is 15.0 Å². The third kappa shape index (κ3) is 2.82. The molecular weight excluding hydrogens is 274 g/mol. The molecule has 1 aliphatic rings. The molecule has 112 valence electrons. The van der Waals surface area contributed by atoms with E-state index >= 15 is 0 Å². The molecule has 2 aromatic heterocycles. The summed E-state index contributed by atoms with van der Waals surface area (Å²) < 4.78 is 15.2. The van der Waals surface area contributed by atoms with Gasteiger partial charge in [0, 0.05) is 13.1 Å². The molecule has 3 heterocycles. The number of nitrogens with zero attached hydrogens (tertiary/aromatic N) is 3. The van der Waals surface area contributed by atoms with Crippen LogP contribution in [0.15, 0.2) is 27.3 Å². The fourth-order valence-corrected chi connectivity index (χ4v) is 2.67. The third-order valence-electron chi connectivity index (χ3n) is 3.76. The summed E-state index contributed by atoms with van der Waals surface area (Å²) in [6.45, 7) is 4.05. The standard InChI is InChI=1S/C14H17N3O4/c1-9-6-17(7-10(9)14(18)19-2)8-12-15-13(21-16-12)11-4-3-5-20-11/h3-5,9-10H,6-8H2,1-2H3. The number of methoxy groups -OCH3 is 1. The summed E-state index contributed by atoms with van der Waals surface area (Å²) in [6, 6.07) is 3.53. The molecule has 0 radical (unpaired) electrons. The van der Waals surface area contributed by atoms with E-state index in [9.17, 15) is 4.79 Å². The van der Waals surface area contributed by atoms with Gasteiger partial charge in [0.1, 0.15) is 0 Å². The van der Waals surface area contributed by atoms with Gasteiger partial charge in [0.15, 0.2) is 11.6 Å². The van der Waals surface area contributed by atoms with Crippen molar-refractivity contribution in [2.24, 2.45) is 11.8 Å². The number of carbonyl (C=O) groups is 1. The monoisotopic (exact) mass is 291 g/mol. The van der Waals surface area contributed by atoms with E-state index in [1.807, 2.05) is 6.92 Å². The highest BCUT2D eigenvalue weighted by atomic mass is 16.5. The Kier molecular flexibility index (Phi) is 3.74. The summed E-state index contributed by atoms with van der Waals surface area (Å²) in [7, 11) is 1.42. The largest absolute Gasteiger partial charge is 0.469 e. The number of hydrogen-bond donors (Lipinski definition) is 0. The van der Waals surface area contributed by atoms with E-state index in [2.05, 4.69) is 15.0 Å². The number of aromatic nitrogens is 2. The molecule has 1 aliphatic heterocycles. The van der Waals surface area contributed by atoms with Gasteiger partial charge in [0.25, 0.3) is 5.89 Å². The second kappa shape index (κ2) is 5.69. The van der Waals surface area contributed by atoms with Crippen LogP contribution in [-0.4, -0.2) is 41.2 Å². The summed E-state index contributed by atoms with van der Waals surface area (Å²) in [5.41, 5.74) is 0. The molecular formula is C14H17N3O4. The number of carbonyl (C=O) groups excluding carboxylic acids is 1. The van der Waals surface area contributed by atoms with Gasteiger partial charge in [-0.1, -0.05) is 12.1 Å². The van der Waals surface area contributed by atoms with Crippen LogP contribution in [0.2, 0.25) is 0 Å². The minimum Gasteiger partial charge on any atom is -0.469 e. The second-order valence-corrected chi connectivity index (χ2v) is 5.29. The van der Waals surface area contributed by atoms with Gasteiger partial charge < -0.3 is 13.7 Å². The van der Waals surface area contributed by atoms with Crippen molar-refractivity contribution in [3.63, 3.8) is 0 Å². The fourth-order valence-electron chi connectivity index (χ4n) is 2.67. The predicted molar refractivity (Wildman–Crippen MR) is 71.9 cm³/mol. The molecule has 1 fully saturated rings. The van der Waals surface area contributed by atoms with Crippen molar-refractivity contribution in [3.05, 3.63) is 24.2 Å². The fraction of sp³-hybridized carbons (Fsp3) is 0.500. The molecule has 1 saturated heterocycles. The molecule has 0 bridgehead atoms. The minimum atomic E-state index is -0.158. The molecule has 2 unspecified atom stereocenters. The van der Waals surface area contributed by atoms with E-state index in [0.717, 1.165) is 6.54 Å². The summed E-state index contributed by atoms with van der Waals surface area (Å²) >= 11 is 0. The lowest BCUT2D eigenvalue weighted by molar-refractivity contribution is -0.146. The van der Waals surface area contributed by atoms with Gasteiger partial charge in [-0.3, -0.25) is 9.69 Å². The number of furan rings is 1. The molecule has 2 aromatic rings. The Labute approximate surface area is 121 Å². The highest BCUT2D eigenvalue weighted by molar-refractivity contribution is 5.73. The first-order chi connectivity index (χ1) is 10.2. The van der Waals surface area contributed by atoms with Crippen molar-refractivity contribution in [1.29, 1.82) is 0 Å². The maximum absolute atomic E-state index is 11.7. The highest BCUT2D eigenvalue weighted by Crippen LogP contribution is 2.25. The van der Waals surface area contributed by atoms with Crippen molar-refractivity contribution >= 4 is 5.97 Å². The van der Waals surface area contributed by atoms with E-state index in [1.54, 1.807) is 18.4 Å². The Hall–Kier alpha value is -2.15. The molecule has 2 atom stereocenters. The van der Waals surface area contributed by atoms with E-state index in [1.165, 1.54) is 7.11 Å². The number of hydrogen-bond acceptors (Lipinski definition) is 7. The normalized spacial score (nSPS) is 22.6. The zero-order chi connectivity index (χ0) is 14.8. The van der Waals surface area contributed by atoms with Crippen LogP contribution in [0.5, 0.6) is 0 Å². The van der Waals surface area contributed by atoms with Crippen molar-refractivity contribution in [2.75, 3.05) is 20.2 Å². The van der Waals surface area contributed by atoms with Gasteiger partial charge in [-0.2, -0.15) is 4.98 Å². The van der Waals surface area contributed by atoms with Crippen molar-refractivity contribution < 1.29 is 18.5 Å². The van der Waals surface area contributed by atoms with Crippen LogP contribution in [0.3, 0.4) is 0 Å². The van der Waals surface area contributed by atoms with Gasteiger partial charge in [-0.15, -0.1) is 0 Å². The maximum Gasteiger partial charge on any atom is 0.310 e. The molecule has 0 aliphatic carbocycles. The minimum absolute atomic E-state index is 0.0913.